The zero-order chi connectivity index (χ0) is 12.7. The molecule has 0 unspecified atom stereocenters. The number of nitrogens with one attached hydrogen (secondary N) is 1. The number of hydrogen-bond acceptors (Lipinski definition) is 3. The van der Waals surface area contributed by atoms with Crippen LogP contribution in [-0.4, -0.2) is 17.3 Å². The third-order valence-electron chi connectivity index (χ3n) is 2.54. The third-order valence-corrected chi connectivity index (χ3v) is 2.54. The zero-order valence-corrected chi connectivity index (χ0v) is 11.0. The van der Waals surface area contributed by atoms with Gasteiger partial charge in [0.25, 0.3) is 0 Å². The molecule has 0 saturated carbocycles. The first-order valence-corrected chi connectivity index (χ1v) is 6.37. The standard InChI is InChI=1S/C14H22N2O/c1-4-5-8-13(17)12-7-6-9-15-14(12)16-10-11(2)3/h6-7,9,11H,4-5,8,10H2,1-3H3,(H,15,16). The molecule has 94 valence electrons. The summed E-state index contributed by atoms with van der Waals surface area (Å²) in [6, 6.07) is 3.67. The van der Waals surface area contributed by atoms with Gasteiger partial charge in [0.15, 0.2) is 5.78 Å². The molecule has 1 heterocycles. The van der Waals surface area contributed by atoms with E-state index >= 15 is 0 Å². The van der Waals surface area contributed by atoms with Gasteiger partial charge in [0.05, 0.1) is 5.56 Å². The molecule has 0 spiro atoms. The van der Waals surface area contributed by atoms with Crippen molar-refractivity contribution in [2.45, 2.75) is 40.0 Å². The van der Waals surface area contributed by atoms with E-state index in [2.05, 4.69) is 31.1 Å². The van der Waals surface area contributed by atoms with Crippen LogP contribution in [0.25, 0.3) is 0 Å². The first-order chi connectivity index (χ1) is 8.15. The van der Waals surface area contributed by atoms with Crippen molar-refractivity contribution < 1.29 is 4.79 Å². The molecule has 0 aliphatic heterocycles. The SMILES string of the molecule is CCCCC(=O)c1cccnc1NCC(C)C. The minimum atomic E-state index is 0.186. The first kappa shape index (κ1) is 13.7. The molecule has 3 nitrogen and oxygen atoms in total. The van der Waals surface area contributed by atoms with Crippen LogP contribution in [0.5, 0.6) is 0 Å². The van der Waals surface area contributed by atoms with Crippen molar-refractivity contribution >= 4 is 11.6 Å². The highest BCUT2D eigenvalue weighted by molar-refractivity contribution is 6.00. The van der Waals surface area contributed by atoms with E-state index in [0.29, 0.717) is 12.3 Å². The maximum atomic E-state index is 12.0. The number of carbonyl (C=O) groups excluding carboxylic acids is 1. The van der Waals surface area contributed by atoms with Crippen LogP contribution in [0.3, 0.4) is 0 Å². The summed E-state index contributed by atoms with van der Waals surface area (Å²) >= 11 is 0. The molecule has 17 heavy (non-hydrogen) atoms. The second-order valence-corrected chi connectivity index (χ2v) is 4.70. The summed E-state index contributed by atoms with van der Waals surface area (Å²) in [6.45, 7) is 7.20. The minimum absolute atomic E-state index is 0.186. The van der Waals surface area contributed by atoms with Crippen LogP contribution >= 0.6 is 0 Å². The van der Waals surface area contributed by atoms with Crippen molar-refractivity contribution in [2.75, 3.05) is 11.9 Å². The highest BCUT2D eigenvalue weighted by Crippen LogP contribution is 2.15. The van der Waals surface area contributed by atoms with Gasteiger partial charge in [-0.15, -0.1) is 0 Å². The Balaban J connectivity index is 2.73. The average molecular weight is 234 g/mol. The van der Waals surface area contributed by atoms with Crippen LogP contribution < -0.4 is 5.32 Å². The number of nitrogens with zero attached hydrogens (tertiary/aromatic N) is 1. The lowest BCUT2D eigenvalue weighted by Crippen LogP contribution is -2.13. The van der Waals surface area contributed by atoms with E-state index in [1.807, 2.05) is 12.1 Å². The Kier molecular flexibility index (Phi) is 5.67. The number of Topliss-reactive ketones (excluding diaryl/α,β-unsaturated/α-hetero) is 1. The fraction of sp³-hybridized carbons (Fsp3) is 0.571. The Labute approximate surface area is 104 Å². The maximum Gasteiger partial charge on any atom is 0.166 e. The van der Waals surface area contributed by atoms with E-state index < -0.39 is 0 Å². The predicted molar refractivity (Wildman–Crippen MR) is 71.4 cm³/mol. The van der Waals surface area contributed by atoms with Gasteiger partial charge in [0, 0.05) is 19.2 Å². The lowest BCUT2D eigenvalue weighted by Gasteiger charge is -2.11. The Morgan fingerprint density at radius 1 is 1.47 bits per heavy atom. The normalized spacial score (nSPS) is 10.6. The van der Waals surface area contributed by atoms with E-state index in [1.54, 1.807) is 6.20 Å². The van der Waals surface area contributed by atoms with Gasteiger partial charge in [0.2, 0.25) is 0 Å². The Morgan fingerprint density at radius 2 is 2.24 bits per heavy atom. The topological polar surface area (TPSA) is 42.0 Å². The molecule has 0 aliphatic rings. The molecule has 1 rings (SSSR count). The second kappa shape index (κ2) is 7.05. The van der Waals surface area contributed by atoms with E-state index in [1.165, 1.54) is 0 Å². The largest absolute Gasteiger partial charge is 0.369 e. The van der Waals surface area contributed by atoms with Crippen molar-refractivity contribution in [3.05, 3.63) is 23.9 Å². The quantitative estimate of drug-likeness (QED) is 0.734. The number of pyridine rings is 1. The molecule has 0 aliphatic carbocycles. The van der Waals surface area contributed by atoms with Crippen molar-refractivity contribution in [3.8, 4) is 0 Å². The molecular weight excluding hydrogens is 212 g/mol. The molecular formula is C14H22N2O. The number of unbranched alkanes of at least 4 members (excludes halogenated alkanes) is 1. The summed E-state index contributed by atoms with van der Waals surface area (Å²) < 4.78 is 0. The third kappa shape index (κ3) is 4.55. The number of hydrogen-bond donors (Lipinski definition) is 1. The summed E-state index contributed by atoms with van der Waals surface area (Å²) in [4.78, 5) is 16.2. The molecule has 3 heteroatoms. The van der Waals surface area contributed by atoms with E-state index in [0.717, 1.165) is 30.8 Å². The molecule has 0 fully saturated rings. The number of aromatic nitrogens is 1. The molecule has 1 aromatic rings. The minimum Gasteiger partial charge on any atom is -0.369 e. The summed E-state index contributed by atoms with van der Waals surface area (Å²) in [5.74, 6) is 1.45. The Morgan fingerprint density at radius 3 is 2.88 bits per heavy atom. The van der Waals surface area contributed by atoms with Gasteiger partial charge in [-0.2, -0.15) is 0 Å². The van der Waals surface area contributed by atoms with E-state index in [-0.39, 0.29) is 5.78 Å². The van der Waals surface area contributed by atoms with Crippen LogP contribution in [0, 0.1) is 5.92 Å². The highest BCUT2D eigenvalue weighted by atomic mass is 16.1. The van der Waals surface area contributed by atoms with Crippen molar-refractivity contribution in [1.82, 2.24) is 4.98 Å². The average Bonchev–Trinajstić information content (AvgIpc) is 2.33. The van der Waals surface area contributed by atoms with E-state index in [4.69, 9.17) is 0 Å². The van der Waals surface area contributed by atoms with E-state index in [9.17, 15) is 4.79 Å². The first-order valence-electron chi connectivity index (χ1n) is 6.37. The summed E-state index contributed by atoms with van der Waals surface area (Å²) in [6.07, 6.45) is 4.32. The van der Waals surface area contributed by atoms with Crippen molar-refractivity contribution in [1.29, 1.82) is 0 Å². The van der Waals surface area contributed by atoms with Crippen molar-refractivity contribution in [3.63, 3.8) is 0 Å². The molecule has 0 saturated heterocycles. The number of ketones is 1. The van der Waals surface area contributed by atoms with Gasteiger partial charge in [-0.25, -0.2) is 4.98 Å². The van der Waals surface area contributed by atoms with Gasteiger partial charge in [-0.05, 0) is 24.5 Å². The van der Waals surface area contributed by atoms with Crippen LogP contribution in [0.2, 0.25) is 0 Å². The lowest BCUT2D eigenvalue weighted by molar-refractivity contribution is 0.0980. The Bertz CT molecular complexity index is 361. The molecule has 0 amide bonds. The fourth-order valence-corrected chi connectivity index (χ4v) is 1.54. The van der Waals surface area contributed by atoms with Crippen LogP contribution in [0.15, 0.2) is 18.3 Å². The fourth-order valence-electron chi connectivity index (χ4n) is 1.54. The summed E-state index contributed by atoms with van der Waals surface area (Å²) in [5, 5.41) is 3.24. The van der Waals surface area contributed by atoms with Crippen molar-refractivity contribution in [2.24, 2.45) is 5.92 Å². The number of rotatable bonds is 7. The zero-order valence-electron chi connectivity index (χ0n) is 11.0. The van der Waals surface area contributed by atoms with Gasteiger partial charge in [-0.1, -0.05) is 27.2 Å². The summed E-state index contributed by atoms with van der Waals surface area (Å²) in [7, 11) is 0. The monoisotopic (exact) mass is 234 g/mol. The molecule has 0 aromatic carbocycles. The lowest BCUT2D eigenvalue weighted by atomic mass is 10.1. The molecule has 1 aromatic heterocycles. The van der Waals surface area contributed by atoms with Gasteiger partial charge < -0.3 is 5.32 Å². The Hall–Kier alpha value is -1.38. The number of carbonyl (C=O) groups is 1. The smallest absolute Gasteiger partial charge is 0.166 e. The predicted octanol–water partition coefficient (Wildman–Crippen LogP) is 3.52. The van der Waals surface area contributed by atoms with Gasteiger partial charge >= 0.3 is 0 Å². The van der Waals surface area contributed by atoms with Crippen LogP contribution in [-0.2, 0) is 0 Å². The molecule has 0 atom stereocenters. The summed E-state index contributed by atoms with van der Waals surface area (Å²) in [5.41, 5.74) is 0.724. The molecule has 1 N–H and O–H groups in total. The van der Waals surface area contributed by atoms with Gasteiger partial charge in [0.1, 0.15) is 5.82 Å². The highest BCUT2D eigenvalue weighted by Gasteiger charge is 2.11. The maximum absolute atomic E-state index is 12.0. The second-order valence-electron chi connectivity index (χ2n) is 4.70. The number of anilines is 1. The van der Waals surface area contributed by atoms with Crippen LogP contribution in [0.4, 0.5) is 5.82 Å². The molecule has 0 bridgehead atoms. The van der Waals surface area contributed by atoms with Crippen LogP contribution in [0.1, 0.15) is 50.4 Å². The molecule has 0 radical (unpaired) electrons. The van der Waals surface area contributed by atoms with Gasteiger partial charge in [-0.3, -0.25) is 4.79 Å².